The van der Waals surface area contributed by atoms with Crippen LogP contribution in [-0.2, 0) is 4.79 Å². The number of carboxylic acid groups (broad SMARTS) is 1. The zero-order chi connectivity index (χ0) is 13.7. The molecule has 0 aromatic heterocycles. The van der Waals surface area contributed by atoms with E-state index < -0.39 is 28.6 Å². The van der Waals surface area contributed by atoms with Crippen LogP contribution in [0.4, 0.5) is 0 Å². The fourth-order valence-electron chi connectivity index (χ4n) is 1.57. The first-order valence-electron chi connectivity index (χ1n) is 5.12. The highest BCUT2D eigenvalue weighted by Gasteiger charge is 2.30. The molecule has 0 amide bonds. The second-order valence-corrected chi connectivity index (χ2v) is 4.23. The Hall–Kier alpha value is -1.76. The SMILES string of the molecule is COc1ccc([C@@H](C[N+](=O)[O-])[C@H](S)C(=O)O)cc1. The van der Waals surface area contributed by atoms with Crippen LogP contribution >= 0.6 is 12.6 Å². The van der Waals surface area contributed by atoms with Crippen LogP contribution in [0.25, 0.3) is 0 Å². The molecule has 1 aromatic carbocycles. The molecule has 2 atom stereocenters. The van der Waals surface area contributed by atoms with Gasteiger partial charge in [-0.2, -0.15) is 12.6 Å². The molecule has 1 rings (SSSR count). The molecule has 18 heavy (non-hydrogen) atoms. The van der Waals surface area contributed by atoms with Gasteiger partial charge in [0, 0.05) is 4.92 Å². The molecule has 0 bridgehead atoms. The molecule has 0 heterocycles. The zero-order valence-electron chi connectivity index (χ0n) is 9.65. The van der Waals surface area contributed by atoms with Gasteiger partial charge in [-0.25, -0.2) is 0 Å². The lowest BCUT2D eigenvalue weighted by molar-refractivity contribution is -0.483. The lowest BCUT2D eigenvalue weighted by atomic mass is 9.95. The van der Waals surface area contributed by atoms with Crippen molar-refractivity contribution in [1.29, 1.82) is 0 Å². The van der Waals surface area contributed by atoms with Crippen molar-refractivity contribution in [1.82, 2.24) is 0 Å². The highest BCUT2D eigenvalue weighted by atomic mass is 32.1. The first-order chi connectivity index (χ1) is 8.45. The first-order valence-corrected chi connectivity index (χ1v) is 5.64. The normalized spacial score (nSPS) is 13.7. The predicted molar refractivity (Wildman–Crippen MR) is 68.0 cm³/mol. The molecule has 0 spiro atoms. The molecule has 98 valence electrons. The van der Waals surface area contributed by atoms with Gasteiger partial charge in [0.1, 0.15) is 11.0 Å². The minimum atomic E-state index is -1.18. The largest absolute Gasteiger partial charge is 0.497 e. The molecule has 0 saturated carbocycles. The van der Waals surface area contributed by atoms with Crippen LogP contribution in [0.15, 0.2) is 24.3 Å². The van der Waals surface area contributed by atoms with Crippen molar-refractivity contribution in [3.05, 3.63) is 39.9 Å². The van der Waals surface area contributed by atoms with Crippen molar-refractivity contribution in [3.8, 4) is 5.75 Å². The van der Waals surface area contributed by atoms with Gasteiger partial charge < -0.3 is 9.84 Å². The van der Waals surface area contributed by atoms with Gasteiger partial charge in [-0.1, -0.05) is 12.1 Å². The third-order valence-electron chi connectivity index (χ3n) is 2.52. The van der Waals surface area contributed by atoms with E-state index in [0.29, 0.717) is 11.3 Å². The topological polar surface area (TPSA) is 89.7 Å². The molecule has 0 aliphatic carbocycles. The van der Waals surface area contributed by atoms with Gasteiger partial charge in [-0.15, -0.1) is 0 Å². The van der Waals surface area contributed by atoms with E-state index in [1.807, 2.05) is 0 Å². The van der Waals surface area contributed by atoms with Crippen LogP contribution in [0.1, 0.15) is 11.5 Å². The highest BCUT2D eigenvalue weighted by molar-refractivity contribution is 7.81. The van der Waals surface area contributed by atoms with Gasteiger partial charge in [0.2, 0.25) is 6.54 Å². The molecule has 7 heteroatoms. The molecule has 1 N–H and O–H groups in total. The van der Waals surface area contributed by atoms with Gasteiger partial charge in [-0.3, -0.25) is 14.9 Å². The quantitative estimate of drug-likeness (QED) is 0.464. The molecule has 0 unspecified atom stereocenters. The Morgan fingerprint density at radius 1 is 1.50 bits per heavy atom. The van der Waals surface area contributed by atoms with Crippen molar-refractivity contribution in [2.24, 2.45) is 0 Å². The maximum atomic E-state index is 10.9. The lowest BCUT2D eigenvalue weighted by Crippen LogP contribution is -2.28. The summed E-state index contributed by atoms with van der Waals surface area (Å²) in [5.41, 5.74) is 0.551. The van der Waals surface area contributed by atoms with Crippen LogP contribution in [0.5, 0.6) is 5.75 Å². The number of carbonyl (C=O) groups is 1. The molecule has 0 fully saturated rings. The Bertz CT molecular complexity index is 434. The Morgan fingerprint density at radius 3 is 2.44 bits per heavy atom. The molecule has 0 aliphatic heterocycles. The predicted octanol–water partition coefficient (Wildman–Crippen LogP) is 1.44. The minimum Gasteiger partial charge on any atom is -0.497 e. The third-order valence-corrected chi connectivity index (χ3v) is 3.10. The summed E-state index contributed by atoms with van der Waals surface area (Å²) in [6.45, 7) is -0.479. The number of rotatable bonds is 6. The molecule has 0 saturated heterocycles. The maximum Gasteiger partial charge on any atom is 0.317 e. The maximum absolute atomic E-state index is 10.9. The number of hydrogen-bond acceptors (Lipinski definition) is 5. The number of carboxylic acids is 1. The number of thiol groups is 1. The summed E-state index contributed by atoms with van der Waals surface area (Å²) in [5.74, 6) is -1.36. The summed E-state index contributed by atoms with van der Waals surface area (Å²) >= 11 is 3.92. The monoisotopic (exact) mass is 271 g/mol. The molecular weight excluding hydrogens is 258 g/mol. The van der Waals surface area contributed by atoms with Gasteiger partial charge in [0.25, 0.3) is 0 Å². The van der Waals surface area contributed by atoms with Crippen molar-refractivity contribution in [3.63, 3.8) is 0 Å². The van der Waals surface area contributed by atoms with E-state index in [4.69, 9.17) is 9.84 Å². The highest BCUT2D eigenvalue weighted by Crippen LogP contribution is 2.26. The second kappa shape index (κ2) is 6.25. The summed E-state index contributed by atoms with van der Waals surface area (Å²) in [5, 5.41) is 18.4. The summed E-state index contributed by atoms with van der Waals surface area (Å²) < 4.78 is 4.97. The number of benzene rings is 1. The average molecular weight is 271 g/mol. The smallest absolute Gasteiger partial charge is 0.317 e. The van der Waals surface area contributed by atoms with Crippen molar-refractivity contribution in [2.45, 2.75) is 11.2 Å². The van der Waals surface area contributed by atoms with E-state index in [0.717, 1.165) is 0 Å². The number of nitro groups is 1. The Morgan fingerprint density at radius 2 is 2.06 bits per heavy atom. The third kappa shape index (κ3) is 3.63. The van der Waals surface area contributed by atoms with Gasteiger partial charge in [0.05, 0.1) is 13.0 Å². The number of methoxy groups -OCH3 is 1. The van der Waals surface area contributed by atoms with E-state index in [9.17, 15) is 14.9 Å². The minimum absolute atomic E-state index is 0.479. The van der Waals surface area contributed by atoms with Gasteiger partial charge in [0.15, 0.2) is 0 Å². The van der Waals surface area contributed by atoms with Crippen LogP contribution in [0, 0.1) is 10.1 Å². The number of ether oxygens (including phenoxy) is 1. The summed E-state index contributed by atoms with van der Waals surface area (Å²) in [4.78, 5) is 20.9. The summed E-state index contributed by atoms with van der Waals surface area (Å²) in [7, 11) is 1.50. The molecular formula is C11H13NO5S. The van der Waals surface area contributed by atoms with Crippen molar-refractivity contribution in [2.75, 3.05) is 13.7 Å². The summed E-state index contributed by atoms with van der Waals surface area (Å²) in [6, 6.07) is 6.48. The fourth-order valence-corrected chi connectivity index (χ4v) is 1.84. The zero-order valence-corrected chi connectivity index (χ0v) is 10.5. The van der Waals surface area contributed by atoms with E-state index in [-0.39, 0.29) is 0 Å². The van der Waals surface area contributed by atoms with Gasteiger partial charge in [-0.05, 0) is 17.7 Å². The average Bonchev–Trinajstić information content (AvgIpc) is 2.35. The standard InChI is InChI=1S/C11H13NO5S/c1-17-8-4-2-7(3-5-8)9(6-12(15)16)10(18)11(13)14/h2-5,9-10,18H,6H2,1H3,(H,13,14)/t9-,10+/m1/s1. The van der Waals surface area contributed by atoms with Crippen molar-refractivity contribution < 1.29 is 19.6 Å². The Labute approximate surface area is 109 Å². The van der Waals surface area contributed by atoms with Crippen molar-refractivity contribution >= 4 is 18.6 Å². The number of nitrogens with zero attached hydrogens (tertiary/aromatic N) is 1. The molecule has 1 aromatic rings. The van der Waals surface area contributed by atoms with Gasteiger partial charge >= 0.3 is 5.97 Å². The fraction of sp³-hybridized carbons (Fsp3) is 0.364. The number of aliphatic carboxylic acids is 1. The van der Waals surface area contributed by atoms with E-state index in [1.54, 1.807) is 24.3 Å². The Kier molecular flexibility index (Phi) is 4.96. The van der Waals surface area contributed by atoms with E-state index >= 15 is 0 Å². The van der Waals surface area contributed by atoms with E-state index in [1.165, 1.54) is 7.11 Å². The Balaban J connectivity index is 3.00. The first kappa shape index (κ1) is 14.3. The van der Waals surface area contributed by atoms with Crippen LogP contribution in [0.3, 0.4) is 0 Å². The summed E-state index contributed by atoms with van der Waals surface area (Å²) in [6.07, 6.45) is 0. The van der Waals surface area contributed by atoms with E-state index in [2.05, 4.69) is 12.6 Å². The lowest BCUT2D eigenvalue weighted by Gasteiger charge is -2.17. The molecule has 6 nitrogen and oxygen atoms in total. The number of hydrogen-bond donors (Lipinski definition) is 2. The second-order valence-electron chi connectivity index (χ2n) is 3.68. The van der Waals surface area contributed by atoms with Crippen LogP contribution < -0.4 is 4.74 Å². The molecule has 0 radical (unpaired) electrons. The van der Waals surface area contributed by atoms with Crippen LogP contribution in [-0.4, -0.2) is 34.9 Å². The van der Waals surface area contributed by atoms with Crippen LogP contribution in [0.2, 0.25) is 0 Å². The molecule has 0 aliphatic rings.